The van der Waals surface area contributed by atoms with Gasteiger partial charge in [0.25, 0.3) is 12.1 Å². The Kier molecular flexibility index (Phi) is 4.06. The van der Waals surface area contributed by atoms with Crippen molar-refractivity contribution < 1.29 is 26.3 Å². The Morgan fingerprint density at radius 3 is 1.85 bits per heavy atom. The van der Waals surface area contributed by atoms with E-state index in [1.807, 2.05) is 0 Å². The summed E-state index contributed by atoms with van der Waals surface area (Å²) >= 11 is 0. The summed E-state index contributed by atoms with van der Waals surface area (Å²) < 4.78 is 71.5. The second-order valence-corrected chi connectivity index (χ2v) is 2.77. The van der Waals surface area contributed by atoms with Crippen LogP contribution in [0.5, 0.6) is 0 Å². The Bertz CT molecular complexity index is 150. The zero-order chi connectivity index (χ0) is 10.7. The normalized spacial score (nSPS) is 15.9. The summed E-state index contributed by atoms with van der Waals surface area (Å²) in [5, 5.41) is 0. The number of hydrogen-bond donors (Lipinski definition) is 0. The van der Waals surface area contributed by atoms with Crippen LogP contribution in [0.3, 0.4) is 0 Å². The summed E-state index contributed by atoms with van der Waals surface area (Å²) in [6, 6.07) is 0. The molecule has 80 valence electrons. The Morgan fingerprint density at radius 1 is 1.08 bits per heavy atom. The van der Waals surface area contributed by atoms with E-state index >= 15 is 0 Å². The highest BCUT2D eigenvalue weighted by Gasteiger charge is 2.55. The van der Waals surface area contributed by atoms with Gasteiger partial charge in [0.05, 0.1) is 0 Å². The van der Waals surface area contributed by atoms with Gasteiger partial charge in [-0.15, -0.1) is 0 Å². The van der Waals surface area contributed by atoms with E-state index in [2.05, 4.69) is 0 Å². The molecule has 0 aliphatic carbocycles. The van der Waals surface area contributed by atoms with Gasteiger partial charge in [-0.25, -0.2) is 13.2 Å². The molecule has 0 unspecified atom stereocenters. The molecule has 0 aliphatic heterocycles. The topological polar surface area (TPSA) is 0 Å². The first kappa shape index (κ1) is 12.6. The molecule has 0 rings (SSSR count). The third-order valence-electron chi connectivity index (χ3n) is 1.52. The third-order valence-corrected chi connectivity index (χ3v) is 1.52. The molecule has 13 heavy (non-hydrogen) atoms. The summed E-state index contributed by atoms with van der Waals surface area (Å²) in [6.07, 6.45) is -10.4. The smallest absolute Gasteiger partial charge is 0.231 e. The lowest BCUT2D eigenvalue weighted by Crippen LogP contribution is -2.41. The molecule has 0 aromatic rings. The molecule has 0 saturated carbocycles. The minimum absolute atomic E-state index is 0.122. The number of rotatable bonds is 4. The van der Waals surface area contributed by atoms with Crippen molar-refractivity contribution >= 4 is 0 Å². The molecule has 1 atom stereocenters. The maximum atomic E-state index is 12.4. The van der Waals surface area contributed by atoms with E-state index in [-0.39, 0.29) is 6.42 Å². The van der Waals surface area contributed by atoms with Crippen molar-refractivity contribution in [1.82, 2.24) is 0 Å². The zero-order valence-corrected chi connectivity index (χ0v) is 6.97. The fourth-order valence-electron chi connectivity index (χ4n) is 0.779. The third kappa shape index (κ3) is 3.87. The van der Waals surface area contributed by atoms with Crippen molar-refractivity contribution in [3.8, 4) is 0 Å². The van der Waals surface area contributed by atoms with Crippen LogP contribution in [0.15, 0.2) is 0 Å². The van der Waals surface area contributed by atoms with Gasteiger partial charge in [0.1, 0.15) is 0 Å². The lowest BCUT2D eigenvalue weighted by atomic mass is 10.1. The largest absolute Gasteiger partial charge is 0.425 e. The Hall–Kier alpha value is -0.420. The molecule has 0 heterocycles. The lowest BCUT2D eigenvalue weighted by molar-refractivity contribution is -0.245. The SMILES string of the molecule is CCCCC(F)(F)[C@H](F)C(F)(F)F. The standard InChI is InChI=1S/C7H10F6/c1-2-3-4-6(9,10)5(8)7(11,12)13/h5H,2-4H2,1H3/t5-/m0/s1. The van der Waals surface area contributed by atoms with Crippen molar-refractivity contribution in [1.29, 1.82) is 0 Å². The quantitative estimate of drug-likeness (QED) is 0.618. The van der Waals surface area contributed by atoms with E-state index in [0.29, 0.717) is 6.42 Å². The molecule has 0 aromatic heterocycles. The van der Waals surface area contributed by atoms with Crippen molar-refractivity contribution in [2.45, 2.75) is 44.5 Å². The molecule has 0 aliphatic rings. The van der Waals surface area contributed by atoms with Crippen LogP contribution >= 0.6 is 0 Å². The highest BCUT2D eigenvalue weighted by Crippen LogP contribution is 2.37. The highest BCUT2D eigenvalue weighted by atomic mass is 19.4. The van der Waals surface area contributed by atoms with Crippen molar-refractivity contribution in [2.75, 3.05) is 0 Å². The van der Waals surface area contributed by atoms with Crippen LogP contribution < -0.4 is 0 Å². The molecule has 0 fully saturated rings. The molecular formula is C7H10F6. The molecule has 0 aromatic carbocycles. The second-order valence-electron chi connectivity index (χ2n) is 2.77. The van der Waals surface area contributed by atoms with Crippen molar-refractivity contribution in [3.05, 3.63) is 0 Å². The molecule has 0 N–H and O–H groups in total. The summed E-state index contributed by atoms with van der Waals surface area (Å²) in [4.78, 5) is 0. The number of unbranched alkanes of at least 4 members (excludes halogenated alkanes) is 1. The van der Waals surface area contributed by atoms with Crippen molar-refractivity contribution in [2.24, 2.45) is 0 Å². The van der Waals surface area contributed by atoms with Crippen LogP contribution in [0.25, 0.3) is 0 Å². The fourth-order valence-corrected chi connectivity index (χ4v) is 0.779. The van der Waals surface area contributed by atoms with Crippen molar-refractivity contribution in [3.63, 3.8) is 0 Å². The van der Waals surface area contributed by atoms with Gasteiger partial charge in [-0.3, -0.25) is 0 Å². The Morgan fingerprint density at radius 2 is 1.54 bits per heavy atom. The van der Waals surface area contributed by atoms with Gasteiger partial charge in [-0.1, -0.05) is 13.3 Å². The molecule has 0 radical (unpaired) electrons. The molecule has 0 saturated heterocycles. The second kappa shape index (κ2) is 4.19. The molecular weight excluding hydrogens is 198 g/mol. The van der Waals surface area contributed by atoms with Gasteiger partial charge < -0.3 is 0 Å². The van der Waals surface area contributed by atoms with Crippen LogP contribution in [0.1, 0.15) is 26.2 Å². The molecule has 0 bridgehead atoms. The molecule has 0 nitrogen and oxygen atoms in total. The van der Waals surface area contributed by atoms with Gasteiger partial charge in [-0.05, 0) is 6.42 Å². The Balaban J connectivity index is 4.27. The first-order valence-electron chi connectivity index (χ1n) is 3.80. The van der Waals surface area contributed by atoms with Gasteiger partial charge >= 0.3 is 6.18 Å². The predicted octanol–water partition coefficient (Wildman–Crippen LogP) is 3.71. The van der Waals surface area contributed by atoms with E-state index in [1.165, 1.54) is 6.92 Å². The van der Waals surface area contributed by atoms with Gasteiger partial charge in [0, 0.05) is 6.42 Å². The Labute approximate surface area is 71.9 Å². The van der Waals surface area contributed by atoms with E-state index in [1.54, 1.807) is 0 Å². The monoisotopic (exact) mass is 208 g/mol. The molecule has 0 amide bonds. The lowest BCUT2D eigenvalue weighted by Gasteiger charge is -2.22. The first-order chi connectivity index (χ1) is 5.72. The fraction of sp³-hybridized carbons (Fsp3) is 1.00. The molecule has 0 spiro atoms. The van der Waals surface area contributed by atoms with E-state index in [0.717, 1.165) is 0 Å². The van der Waals surface area contributed by atoms with Crippen LogP contribution in [0, 0.1) is 0 Å². The van der Waals surface area contributed by atoms with Gasteiger partial charge in [-0.2, -0.15) is 13.2 Å². The number of alkyl halides is 6. The number of hydrogen-bond acceptors (Lipinski definition) is 0. The van der Waals surface area contributed by atoms with E-state index in [9.17, 15) is 26.3 Å². The zero-order valence-electron chi connectivity index (χ0n) is 6.97. The van der Waals surface area contributed by atoms with E-state index in [4.69, 9.17) is 0 Å². The summed E-state index contributed by atoms with van der Waals surface area (Å²) in [5.41, 5.74) is 0. The van der Waals surface area contributed by atoms with Crippen LogP contribution in [0.2, 0.25) is 0 Å². The highest BCUT2D eigenvalue weighted by molar-refractivity contribution is 4.82. The van der Waals surface area contributed by atoms with E-state index < -0.39 is 24.7 Å². The minimum atomic E-state index is -5.47. The maximum Gasteiger partial charge on any atom is 0.425 e. The summed E-state index contributed by atoms with van der Waals surface area (Å²) in [6.45, 7) is 1.54. The van der Waals surface area contributed by atoms with Crippen LogP contribution in [0.4, 0.5) is 26.3 Å². The first-order valence-corrected chi connectivity index (χ1v) is 3.80. The summed E-state index contributed by atoms with van der Waals surface area (Å²) in [7, 11) is 0. The average Bonchev–Trinajstić information content (AvgIpc) is 1.98. The van der Waals surface area contributed by atoms with Gasteiger partial charge in [0.2, 0.25) is 0 Å². The van der Waals surface area contributed by atoms with Crippen LogP contribution in [-0.4, -0.2) is 18.3 Å². The minimum Gasteiger partial charge on any atom is -0.231 e. The maximum absolute atomic E-state index is 12.4. The predicted molar refractivity (Wildman–Crippen MR) is 35.4 cm³/mol. The summed E-state index contributed by atoms with van der Waals surface area (Å²) in [5.74, 6) is -4.30. The average molecular weight is 208 g/mol. The number of halogens is 6. The van der Waals surface area contributed by atoms with Gasteiger partial charge in [0.15, 0.2) is 0 Å². The van der Waals surface area contributed by atoms with Crippen LogP contribution in [-0.2, 0) is 0 Å². The molecule has 6 heteroatoms.